The second-order valence-corrected chi connectivity index (χ2v) is 7.35. The first kappa shape index (κ1) is 14.2. The molecule has 12 heteroatoms. The average molecular weight is 295 g/mol. The molecule has 104 valence electrons. The molecule has 0 spiro atoms. The molecule has 3 nitrogen and oxygen atoms in total. The third-order valence-corrected chi connectivity index (χ3v) is 5.17. The summed E-state index contributed by atoms with van der Waals surface area (Å²) in [5, 5.41) is 0. The van der Waals surface area contributed by atoms with Crippen molar-refractivity contribution in [3.63, 3.8) is 0 Å². The first-order valence-electron chi connectivity index (χ1n) is 3.81. The second kappa shape index (κ2) is 2.60. The van der Waals surface area contributed by atoms with E-state index in [9.17, 15) is 34.7 Å². The predicted octanol–water partition coefficient (Wildman–Crippen LogP) is 3.39. The molecule has 1 aliphatic heterocycles. The fourth-order valence-electron chi connectivity index (χ4n) is 0.859. The Morgan fingerprint density at radius 2 is 1.18 bits per heavy atom. The van der Waals surface area contributed by atoms with Gasteiger partial charge in [-0.2, -0.15) is 0 Å². The Morgan fingerprint density at radius 3 is 1.35 bits per heavy atom. The summed E-state index contributed by atoms with van der Waals surface area (Å²) in [6.45, 7) is 0. The van der Waals surface area contributed by atoms with Crippen LogP contribution in [0.2, 0.25) is 0 Å². The van der Waals surface area contributed by atoms with Crippen LogP contribution in [0.4, 0.5) is 34.7 Å². The van der Waals surface area contributed by atoms with Gasteiger partial charge >= 0.3 is 87.4 Å². The maximum absolute atomic E-state index is 13.3. The van der Waals surface area contributed by atoms with Crippen LogP contribution in [-0.2, 0) is 9.05 Å². The molecule has 0 radical (unpaired) electrons. The van der Waals surface area contributed by atoms with Gasteiger partial charge in [0.05, 0.1) is 0 Å². The van der Waals surface area contributed by atoms with E-state index in [4.69, 9.17) is 0 Å². The zero-order valence-electron chi connectivity index (χ0n) is 8.23. The van der Waals surface area contributed by atoms with Gasteiger partial charge in [0.1, 0.15) is 0 Å². The molecular formula is C5H6F8NO2P. The average Bonchev–Trinajstić information content (AvgIpc) is 1.95. The summed E-state index contributed by atoms with van der Waals surface area (Å²) in [4.78, 5) is 0. The van der Waals surface area contributed by atoms with Crippen LogP contribution < -0.4 is 0 Å². The summed E-state index contributed by atoms with van der Waals surface area (Å²) in [5.41, 5.74) is 0. The molecule has 0 unspecified atom stereocenters. The molecule has 1 heterocycles. The molecule has 0 aliphatic carbocycles. The first-order chi connectivity index (χ1) is 7.11. The van der Waals surface area contributed by atoms with Crippen molar-refractivity contribution in [3.8, 4) is 0 Å². The number of hydrogen-bond donors (Lipinski definition) is 0. The van der Waals surface area contributed by atoms with Crippen molar-refractivity contribution in [3.05, 3.63) is 0 Å². The minimum absolute atomic E-state index is 0.421. The van der Waals surface area contributed by atoms with Crippen LogP contribution in [0.25, 0.3) is 0 Å². The summed E-state index contributed by atoms with van der Waals surface area (Å²) < 4.78 is 106. The molecule has 0 aromatic rings. The molecule has 0 saturated carbocycles. The Bertz CT molecular complexity index is 385. The van der Waals surface area contributed by atoms with Gasteiger partial charge in [0.15, 0.2) is 0 Å². The van der Waals surface area contributed by atoms with Crippen LogP contribution in [0, 0.1) is 0 Å². The van der Waals surface area contributed by atoms with Crippen molar-refractivity contribution in [2.24, 2.45) is 0 Å². The van der Waals surface area contributed by atoms with E-state index in [-0.39, 0.29) is 0 Å². The molecule has 0 N–H and O–H groups in total. The molecule has 1 rings (SSSR count). The van der Waals surface area contributed by atoms with E-state index >= 15 is 0 Å². The summed E-state index contributed by atoms with van der Waals surface area (Å²) in [5.74, 6) is -14.0. The van der Waals surface area contributed by atoms with Crippen LogP contribution >= 0.6 is 7.02 Å². The van der Waals surface area contributed by atoms with Crippen molar-refractivity contribution in [1.82, 2.24) is 0 Å². The second-order valence-electron chi connectivity index (χ2n) is 3.51. The van der Waals surface area contributed by atoms with Gasteiger partial charge in [0.2, 0.25) is 0 Å². The Morgan fingerprint density at radius 1 is 0.882 bits per heavy atom. The van der Waals surface area contributed by atoms with Crippen molar-refractivity contribution >= 4 is 13.1 Å². The van der Waals surface area contributed by atoms with Crippen LogP contribution in [0.1, 0.15) is 0 Å². The minimum atomic E-state index is -10.3. The van der Waals surface area contributed by atoms with Gasteiger partial charge in [-0.05, 0) is 0 Å². The van der Waals surface area contributed by atoms with E-state index in [2.05, 4.69) is 9.05 Å². The molecule has 1 aliphatic rings. The number of halogens is 8. The fourth-order valence-corrected chi connectivity index (χ4v) is 2.58. The topological polar surface area (TPSA) is 21.5 Å². The summed E-state index contributed by atoms with van der Waals surface area (Å²) in [6.07, 6.45) is -1.54. The third kappa shape index (κ3) is 1.18. The quantitative estimate of drug-likeness (QED) is 0.388. The van der Waals surface area contributed by atoms with Crippen molar-refractivity contribution in [2.45, 2.75) is 11.8 Å². The number of hydrogen-bond acceptors (Lipinski definition) is 2. The third-order valence-electron chi connectivity index (χ3n) is 1.97. The van der Waals surface area contributed by atoms with Gasteiger partial charge in [0, 0.05) is 0 Å². The molecular weight excluding hydrogens is 289 g/mol. The molecule has 0 atom stereocenters. The SMILES string of the molecule is C[N+](C)=C1O[P-](F)(F)(C(F)(F)F)(C(F)(F)F)O1. The summed E-state index contributed by atoms with van der Waals surface area (Å²) in [7, 11) is -8.58. The van der Waals surface area contributed by atoms with Gasteiger partial charge in [0.25, 0.3) is 0 Å². The molecule has 0 aromatic heterocycles. The van der Waals surface area contributed by atoms with E-state index in [0.29, 0.717) is 4.58 Å². The molecule has 0 aromatic carbocycles. The zero-order chi connectivity index (χ0) is 14.0. The Kier molecular flexibility index (Phi) is 2.17. The first-order valence-corrected chi connectivity index (χ1v) is 6.11. The molecule has 1 saturated heterocycles. The molecule has 0 bridgehead atoms. The maximum atomic E-state index is 13.3. The van der Waals surface area contributed by atoms with Crippen molar-refractivity contribution in [1.29, 1.82) is 0 Å². The normalized spacial score (nSPS) is 29.4. The van der Waals surface area contributed by atoms with E-state index in [1.807, 2.05) is 0 Å². The van der Waals surface area contributed by atoms with Crippen molar-refractivity contribution in [2.75, 3.05) is 14.1 Å². The zero-order valence-corrected chi connectivity index (χ0v) is 9.13. The standard InChI is InChI=1S/C5H6F8NO2P/c1-14(2)3-15-17(12,13,16-3,4(6,7)8)5(9,10)11/h1-2H3. The van der Waals surface area contributed by atoms with Gasteiger partial charge in [-0.1, -0.05) is 0 Å². The fraction of sp³-hybridized carbons (Fsp3) is 0.800. The Labute approximate surface area is 88.5 Å². The van der Waals surface area contributed by atoms with Gasteiger partial charge in [-0.15, -0.1) is 0 Å². The summed E-state index contributed by atoms with van der Waals surface area (Å²) in [6, 6.07) is 0. The monoisotopic (exact) mass is 295 g/mol. The van der Waals surface area contributed by atoms with Gasteiger partial charge in [-0.3, -0.25) is 0 Å². The van der Waals surface area contributed by atoms with E-state index < -0.39 is 24.9 Å². The van der Waals surface area contributed by atoms with Gasteiger partial charge < -0.3 is 0 Å². The number of nitrogens with zero attached hydrogens (tertiary/aromatic N) is 1. The van der Waals surface area contributed by atoms with Crippen LogP contribution in [0.3, 0.4) is 0 Å². The molecule has 17 heavy (non-hydrogen) atoms. The summed E-state index contributed by atoms with van der Waals surface area (Å²) >= 11 is 0. The van der Waals surface area contributed by atoms with Crippen LogP contribution in [0.15, 0.2) is 0 Å². The van der Waals surface area contributed by atoms with Gasteiger partial charge in [-0.25, -0.2) is 0 Å². The van der Waals surface area contributed by atoms with Crippen LogP contribution in [0.5, 0.6) is 0 Å². The predicted molar refractivity (Wildman–Crippen MR) is 40.5 cm³/mol. The van der Waals surface area contributed by atoms with E-state index in [0.717, 1.165) is 14.1 Å². The number of rotatable bonds is 0. The van der Waals surface area contributed by atoms with Crippen LogP contribution in [-0.4, -0.2) is 36.6 Å². The van der Waals surface area contributed by atoms with Crippen molar-refractivity contribution < 1.29 is 48.4 Å². The van der Waals surface area contributed by atoms with E-state index in [1.165, 1.54) is 0 Å². The van der Waals surface area contributed by atoms with E-state index in [1.54, 1.807) is 0 Å². The molecule has 1 fully saturated rings. The Hall–Kier alpha value is -0.860. The number of alkyl halides is 6. The molecule has 0 amide bonds. The Balaban J connectivity index is 3.53.